The molecule has 0 aromatic carbocycles. The van der Waals surface area contributed by atoms with Gasteiger partial charge in [0.15, 0.2) is 0 Å². The van der Waals surface area contributed by atoms with E-state index in [2.05, 4.69) is 80.8 Å². The first kappa shape index (κ1) is 15.7. The highest BCUT2D eigenvalue weighted by Gasteiger charge is 2.72. The third kappa shape index (κ3) is 1.67. The Balaban J connectivity index is 1.85. The molecule has 5 heterocycles. The third-order valence-electron chi connectivity index (χ3n) is 7.19. The van der Waals surface area contributed by atoms with Gasteiger partial charge in [-0.05, 0) is 36.7 Å². The fourth-order valence-electron chi connectivity index (χ4n) is 5.99. The Morgan fingerprint density at radius 1 is 0.846 bits per heavy atom. The van der Waals surface area contributed by atoms with Crippen molar-refractivity contribution in [2.45, 2.75) is 26.5 Å². The van der Waals surface area contributed by atoms with Crippen molar-refractivity contribution < 1.29 is 8.80 Å². The summed E-state index contributed by atoms with van der Waals surface area (Å²) in [5, 5.41) is 9.43. The Bertz CT molecular complexity index is 905. The summed E-state index contributed by atoms with van der Waals surface area (Å²) in [6, 6.07) is 4.01. The predicted octanol–water partition coefficient (Wildman–Crippen LogP) is 0.938. The Hall–Kier alpha value is -2.50. The minimum atomic E-state index is -1.47. The molecule has 1 saturated heterocycles. The standard InChI is InChI=1S/C16H22B4N6/c1-3-19(4-2)17-9-5-14-24(17)20(25-15-7-11-21-25,26-16-8-12-22-26)18-10-6-13-23(18)19/h5-16H,3-4H2,1-2H3. The van der Waals surface area contributed by atoms with Crippen LogP contribution < -0.4 is 0 Å². The van der Waals surface area contributed by atoms with Gasteiger partial charge in [0.2, 0.25) is 0 Å². The average Bonchev–Trinajstić information content (AvgIpc) is 3.47. The van der Waals surface area contributed by atoms with Gasteiger partial charge in [-0.1, -0.05) is 25.8 Å². The lowest BCUT2D eigenvalue weighted by Gasteiger charge is -2.53. The molecule has 26 heavy (non-hydrogen) atoms. The minimum absolute atomic E-state index is 0.182. The summed E-state index contributed by atoms with van der Waals surface area (Å²) in [5.74, 6) is 4.70. The summed E-state index contributed by atoms with van der Waals surface area (Å²) < 4.78 is 9.41. The maximum Gasteiger partial charge on any atom is 0.524 e. The maximum atomic E-state index is 4.71. The van der Waals surface area contributed by atoms with Gasteiger partial charge in [-0.25, -0.2) is 10.2 Å². The molecule has 1 fully saturated rings. The third-order valence-corrected chi connectivity index (χ3v) is 7.19. The second-order valence-electron chi connectivity index (χ2n) is 7.80. The molecule has 128 valence electrons. The molecular formula is C16H22B4N6. The van der Waals surface area contributed by atoms with E-state index in [0.29, 0.717) is 6.74 Å². The molecule has 2 aromatic heterocycles. The Kier molecular flexibility index (Phi) is 3.33. The summed E-state index contributed by atoms with van der Waals surface area (Å²) in [5.41, 5.74) is 0. The van der Waals surface area contributed by atoms with Crippen LogP contribution in [0.25, 0.3) is 0 Å². The number of allylic oxidation sites excluding steroid dienone is 2. The van der Waals surface area contributed by atoms with Crippen molar-refractivity contribution in [3.63, 3.8) is 0 Å². The van der Waals surface area contributed by atoms with E-state index >= 15 is 0 Å². The fraction of sp³-hybridized carbons (Fsp3) is 0.250. The number of rotatable bonds is 4. The first-order valence-corrected chi connectivity index (χ1v) is 9.73. The quantitative estimate of drug-likeness (QED) is 0.777. The van der Waals surface area contributed by atoms with Gasteiger partial charge in [-0.2, -0.15) is 0 Å². The van der Waals surface area contributed by atoms with Crippen molar-refractivity contribution in [2.75, 3.05) is 0 Å². The predicted molar refractivity (Wildman–Crippen MR) is 110 cm³/mol. The zero-order valence-corrected chi connectivity index (χ0v) is 15.3. The van der Waals surface area contributed by atoms with Gasteiger partial charge in [-0.3, -0.25) is 0 Å². The molecule has 0 aliphatic carbocycles. The van der Waals surface area contributed by atoms with Crippen LogP contribution in [0.3, 0.4) is 0 Å². The number of aromatic nitrogens is 4. The van der Waals surface area contributed by atoms with Gasteiger partial charge in [0, 0.05) is 12.4 Å². The highest BCUT2D eigenvalue weighted by atomic mass is 15.4. The summed E-state index contributed by atoms with van der Waals surface area (Å²) in [6.07, 6.45) is 16.9. The van der Waals surface area contributed by atoms with Crippen LogP contribution in [0.2, 0.25) is 12.6 Å². The van der Waals surface area contributed by atoms with E-state index in [1.165, 1.54) is 0 Å². The molecule has 0 spiro atoms. The van der Waals surface area contributed by atoms with Gasteiger partial charge in [0.05, 0.1) is 12.4 Å². The van der Waals surface area contributed by atoms with Crippen LogP contribution in [0, 0.1) is 0 Å². The van der Waals surface area contributed by atoms with Crippen molar-refractivity contribution in [1.29, 1.82) is 0 Å². The molecule has 2 aromatic rings. The van der Waals surface area contributed by atoms with Gasteiger partial charge in [-0.15, -0.1) is 12.6 Å². The number of fused-ring (bicyclic) bond motifs is 2. The molecule has 0 unspecified atom stereocenters. The molecule has 5 rings (SSSR count). The molecule has 6 nitrogen and oxygen atoms in total. The van der Waals surface area contributed by atoms with E-state index < -0.39 is 12.6 Å². The first-order chi connectivity index (χ1) is 12.8. The van der Waals surface area contributed by atoms with Crippen molar-refractivity contribution in [3.05, 3.63) is 61.0 Å². The largest absolute Gasteiger partial charge is 0.565 e. The van der Waals surface area contributed by atoms with Crippen LogP contribution in [0.15, 0.2) is 61.0 Å². The van der Waals surface area contributed by atoms with Crippen LogP contribution in [-0.4, -0.2) is 66.7 Å². The van der Waals surface area contributed by atoms with E-state index in [1.807, 2.05) is 24.5 Å². The second-order valence-corrected chi connectivity index (χ2v) is 7.80. The van der Waals surface area contributed by atoms with Gasteiger partial charge in [0.25, 0.3) is 0 Å². The Morgan fingerprint density at radius 2 is 1.42 bits per heavy atom. The normalized spacial score (nSPS) is 21.6. The fourth-order valence-corrected chi connectivity index (χ4v) is 5.99. The summed E-state index contributed by atoms with van der Waals surface area (Å²) >= 11 is 0. The van der Waals surface area contributed by atoms with Gasteiger partial charge >= 0.3 is 26.1 Å². The monoisotopic (exact) mass is 342 g/mol. The molecule has 0 amide bonds. The lowest BCUT2D eigenvalue weighted by molar-refractivity contribution is -0.286. The van der Waals surface area contributed by atoms with Crippen LogP contribution in [0.4, 0.5) is 0 Å². The van der Waals surface area contributed by atoms with Crippen molar-refractivity contribution in [1.82, 2.24) is 19.4 Å². The zero-order valence-electron chi connectivity index (χ0n) is 15.3. The SMILES string of the molecule is CC[B-]1(CC)B2C=CC=[N+]2[B-](n2cccn2)(n2cccn2)B2C=CC=[N+]21. The van der Waals surface area contributed by atoms with E-state index in [9.17, 15) is 0 Å². The Morgan fingerprint density at radius 3 is 1.96 bits per heavy atom. The van der Waals surface area contributed by atoms with Crippen LogP contribution in [-0.2, 0) is 0 Å². The summed E-state index contributed by atoms with van der Waals surface area (Å²) in [6.45, 7) is 5.19. The highest BCUT2D eigenvalue weighted by molar-refractivity contribution is 7.41. The van der Waals surface area contributed by atoms with Crippen molar-refractivity contribution in [2.24, 2.45) is 0 Å². The van der Waals surface area contributed by atoms with Crippen LogP contribution in [0.1, 0.15) is 13.8 Å². The molecule has 0 radical (unpaired) electrons. The van der Waals surface area contributed by atoms with E-state index in [-0.39, 0.29) is 6.74 Å². The highest BCUT2D eigenvalue weighted by Crippen LogP contribution is 2.35. The molecule has 10 heteroatoms. The van der Waals surface area contributed by atoms with E-state index in [1.54, 1.807) is 0 Å². The molecule has 0 saturated carbocycles. The minimum Gasteiger partial charge on any atom is -0.565 e. The molecule has 0 N–H and O–H groups in total. The lowest BCUT2D eigenvalue weighted by Crippen LogP contribution is -2.86. The van der Waals surface area contributed by atoms with Crippen LogP contribution in [0.5, 0.6) is 0 Å². The van der Waals surface area contributed by atoms with Crippen molar-refractivity contribution in [3.8, 4) is 0 Å². The maximum absolute atomic E-state index is 4.71. The second kappa shape index (κ2) is 5.50. The van der Waals surface area contributed by atoms with Crippen molar-refractivity contribution >= 4 is 38.5 Å². The molecule has 0 atom stereocenters. The van der Waals surface area contributed by atoms with Crippen LogP contribution >= 0.6 is 0 Å². The Labute approximate surface area is 154 Å². The van der Waals surface area contributed by atoms with Gasteiger partial charge in [0.1, 0.15) is 0 Å². The molecule has 3 aliphatic heterocycles. The zero-order chi connectivity index (χ0) is 17.8. The number of nitrogens with zero attached hydrogens (tertiary/aromatic N) is 6. The molecule has 3 aliphatic rings. The first-order valence-electron chi connectivity index (χ1n) is 9.73. The molecule has 0 bridgehead atoms. The number of hydrogen-bond donors (Lipinski definition) is 0. The average molecular weight is 342 g/mol. The summed E-state index contributed by atoms with van der Waals surface area (Å²) in [7, 11) is 0. The smallest absolute Gasteiger partial charge is 0.524 e. The summed E-state index contributed by atoms with van der Waals surface area (Å²) in [4.78, 5) is 0. The molecular weight excluding hydrogens is 319 g/mol. The van der Waals surface area contributed by atoms with E-state index in [4.69, 9.17) is 10.2 Å². The van der Waals surface area contributed by atoms with E-state index in [0.717, 1.165) is 12.6 Å². The number of hydrogen-bond acceptors (Lipinski definition) is 2. The topological polar surface area (TPSA) is 41.7 Å². The van der Waals surface area contributed by atoms with Gasteiger partial charge < -0.3 is 18.0 Å². The lowest BCUT2D eigenvalue weighted by atomic mass is 8.93.